The number of hydrogen-bond acceptors (Lipinski definition) is 3. The SMILES string of the molecule is COC(=O)C1CCN(C2CCC3(Cc4ccccc4Cc4ccccc43)C2)C1. The van der Waals surface area contributed by atoms with Crippen LogP contribution in [-0.2, 0) is 27.8 Å². The van der Waals surface area contributed by atoms with Crippen LogP contribution >= 0.6 is 0 Å². The third kappa shape index (κ3) is 2.97. The van der Waals surface area contributed by atoms with Gasteiger partial charge in [0.2, 0.25) is 0 Å². The number of nitrogens with zero attached hydrogens (tertiary/aromatic N) is 1. The van der Waals surface area contributed by atoms with Crippen LogP contribution in [0.2, 0.25) is 0 Å². The van der Waals surface area contributed by atoms with Gasteiger partial charge in [0.15, 0.2) is 0 Å². The van der Waals surface area contributed by atoms with Gasteiger partial charge in [0.05, 0.1) is 13.0 Å². The molecule has 146 valence electrons. The number of carbonyl (C=O) groups excluding carboxylic acids is 1. The van der Waals surface area contributed by atoms with Crippen molar-refractivity contribution in [2.75, 3.05) is 20.2 Å². The van der Waals surface area contributed by atoms with Crippen LogP contribution in [0.15, 0.2) is 48.5 Å². The van der Waals surface area contributed by atoms with Gasteiger partial charge in [-0.25, -0.2) is 0 Å². The second-order valence-corrected chi connectivity index (χ2v) is 8.96. The Morgan fingerprint density at radius 3 is 2.61 bits per heavy atom. The van der Waals surface area contributed by atoms with Crippen LogP contribution in [0.25, 0.3) is 0 Å². The molecule has 28 heavy (non-hydrogen) atoms. The molecule has 0 aromatic heterocycles. The van der Waals surface area contributed by atoms with Crippen molar-refractivity contribution in [3.8, 4) is 0 Å². The molecular formula is C25H29NO2. The van der Waals surface area contributed by atoms with Gasteiger partial charge in [0.25, 0.3) is 0 Å². The smallest absolute Gasteiger partial charge is 0.310 e. The molecule has 2 fully saturated rings. The molecule has 3 nitrogen and oxygen atoms in total. The number of methoxy groups -OCH3 is 1. The van der Waals surface area contributed by atoms with E-state index in [9.17, 15) is 4.79 Å². The second-order valence-electron chi connectivity index (χ2n) is 8.96. The Morgan fingerprint density at radius 2 is 1.79 bits per heavy atom. The second kappa shape index (κ2) is 7.04. The maximum absolute atomic E-state index is 12.0. The zero-order chi connectivity index (χ0) is 19.1. The molecule has 3 unspecified atom stereocenters. The molecular weight excluding hydrogens is 346 g/mol. The fourth-order valence-electron chi connectivity index (χ4n) is 6.05. The topological polar surface area (TPSA) is 29.5 Å². The minimum Gasteiger partial charge on any atom is -0.469 e. The predicted molar refractivity (Wildman–Crippen MR) is 110 cm³/mol. The van der Waals surface area contributed by atoms with Gasteiger partial charge in [-0.1, -0.05) is 48.5 Å². The zero-order valence-electron chi connectivity index (χ0n) is 16.7. The molecule has 0 N–H and O–H groups in total. The Balaban J connectivity index is 1.44. The highest BCUT2D eigenvalue weighted by molar-refractivity contribution is 5.72. The Morgan fingerprint density at radius 1 is 1.04 bits per heavy atom. The van der Waals surface area contributed by atoms with Gasteiger partial charge >= 0.3 is 5.97 Å². The lowest BCUT2D eigenvalue weighted by Gasteiger charge is -2.32. The number of carbonyl (C=O) groups is 1. The van der Waals surface area contributed by atoms with Crippen LogP contribution in [-0.4, -0.2) is 37.1 Å². The summed E-state index contributed by atoms with van der Waals surface area (Å²) in [6.07, 6.45) is 6.80. The quantitative estimate of drug-likeness (QED) is 0.740. The maximum atomic E-state index is 12.0. The molecule has 3 atom stereocenters. The van der Waals surface area contributed by atoms with E-state index < -0.39 is 0 Å². The molecule has 2 aliphatic carbocycles. The maximum Gasteiger partial charge on any atom is 0.310 e. The molecule has 1 saturated carbocycles. The van der Waals surface area contributed by atoms with Crippen molar-refractivity contribution < 1.29 is 9.53 Å². The van der Waals surface area contributed by atoms with Gasteiger partial charge in [0, 0.05) is 18.0 Å². The van der Waals surface area contributed by atoms with Gasteiger partial charge in [-0.15, -0.1) is 0 Å². The van der Waals surface area contributed by atoms with Crippen molar-refractivity contribution in [3.05, 3.63) is 70.8 Å². The Labute approximate surface area is 167 Å². The summed E-state index contributed by atoms with van der Waals surface area (Å²) in [6.45, 7) is 1.89. The van der Waals surface area contributed by atoms with Crippen molar-refractivity contribution in [1.29, 1.82) is 0 Å². The molecule has 1 heterocycles. The van der Waals surface area contributed by atoms with E-state index in [1.165, 1.54) is 43.1 Å². The number of benzene rings is 2. The molecule has 3 aliphatic rings. The van der Waals surface area contributed by atoms with E-state index >= 15 is 0 Å². The molecule has 0 amide bonds. The van der Waals surface area contributed by atoms with E-state index in [2.05, 4.69) is 53.4 Å². The highest BCUT2D eigenvalue weighted by atomic mass is 16.5. The van der Waals surface area contributed by atoms with Crippen LogP contribution in [0.1, 0.15) is 47.9 Å². The zero-order valence-corrected chi connectivity index (χ0v) is 16.7. The largest absolute Gasteiger partial charge is 0.469 e. The van der Waals surface area contributed by atoms with Gasteiger partial charge in [-0.05, 0) is 67.3 Å². The van der Waals surface area contributed by atoms with Crippen molar-refractivity contribution in [3.63, 3.8) is 0 Å². The van der Waals surface area contributed by atoms with Crippen LogP contribution in [0.3, 0.4) is 0 Å². The number of esters is 1. The van der Waals surface area contributed by atoms with Crippen LogP contribution in [0.4, 0.5) is 0 Å². The molecule has 0 bridgehead atoms. The average molecular weight is 376 g/mol. The lowest BCUT2D eigenvalue weighted by molar-refractivity contribution is -0.145. The van der Waals surface area contributed by atoms with E-state index in [1.54, 1.807) is 5.56 Å². The first-order valence-corrected chi connectivity index (χ1v) is 10.7. The third-order valence-corrected chi connectivity index (χ3v) is 7.47. The van der Waals surface area contributed by atoms with Crippen LogP contribution < -0.4 is 0 Å². The van der Waals surface area contributed by atoms with Gasteiger partial charge in [-0.2, -0.15) is 0 Å². The van der Waals surface area contributed by atoms with Crippen molar-refractivity contribution in [2.45, 2.75) is 50.0 Å². The summed E-state index contributed by atoms with van der Waals surface area (Å²) in [5, 5.41) is 0. The number of ether oxygens (including phenoxy) is 1. The monoisotopic (exact) mass is 375 g/mol. The van der Waals surface area contributed by atoms with Gasteiger partial charge in [-0.3, -0.25) is 9.69 Å². The average Bonchev–Trinajstić information content (AvgIpc) is 3.34. The first-order valence-electron chi connectivity index (χ1n) is 10.7. The highest BCUT2D eigenvalue weighted by Crippen LogP contribution is 2.49. The first kappa shape index (κ1) is 17.9. The molecule has 2 aromatic rings. The number of rotatable bonds is 2. The Hall–Kier alpha value is -2.13. The standard InChI is InChI=1S/C25H29NO2/c1-28-24(27)21-11-13-26(17-21)22-10-12-25(16-22)15-20-8-3-2-6-18(20)14-19-7-4-5-9-23(19)25/h2-9,21-22H,10-17H2,1H3. The Kier molecular flexibility index (Phi) is 4.51. The fraction of sp³-hybridized carbons (Fsp3) is 0.480. The lowest BCUT2D eigenvalue weighted by Crippen LogP contribution is -2.35. The molecule has 5 rings (SSSR count). The molecule has 0 radical (unpaired) electrons. The van der Waals surface area contributed by atoms with Crippen molar-refractivity contribution in [1.82, 2.24) is 4.90 Å². The van der Waals surface area contributed by atoms with Gasteiger partial charge in [0.1, 0.15) is 0 Å². The molecule has 3 heteroatoms. The Bertz CT molecular complexity index is 892. The highest BCUT2D eigenvalue weighted by Gasteiger charge is 2.46. The summed E-state index contributed by atoms with van der Waals surface area (Å²) >= 11 is 0. The van der Waals surface area contributed by atoms with E-state index in [0.29, 0.717) is 6.04 Å². The number of likely N-dealkylation sites (tertiary alicyclic amines) is 1. The van der Waals surface area contributed by atoms with Gasteiger partial charge < -0.3 is 4.74 Å². The summed E-state index contributed by atoms with van der Waals surface area (Å²) in [7, 11) is 1.51. The molecule has 1 aliphatic heterocycles. The minimum absolute atomic E-state index is 0.0380. The summed E-state index contributed by atoms with van der Waals surface area (Å²) < 4.78 is 4.99. The van der Waals surface area contributed by atoms with Crippen LogP contribution in [0, 0.1) is 5.92 Å². The van der Waals surface area contributed by atoms with E-state index in [4.69, 9.17) is 4.74 Å². The van der Waals surface area contributed by atoms with Crippen molar-refractivity contribution in [2.24, 2.45) is 5.92 Å². The first-order chi connectivity index (χ1) is 13.7. The lowest BCUT2D eigenvalue weighted by atomic mass is 9.73. The minimum atomic E-state index is -0.0380. The number of hydrogen-bond donors (Lipinski definition) is 0. The summed E-state index contributed by atoms with van der Waals surface area (Å²) in [5.41, 5.74) is 6.31. The third-order valence-electron chi connectivity index (χ3n) is 7.47. The molecule has 1 spiro atoms. The fourth-order valence-corrected chi connectivity index (χ4v) is 6.05. The number of fused-ring (bicyclic) bond motifs is 3. The van der Waals surface area contributed by atoms with Crippen molar-refractivity contribution >= 4 is 5.97 Å². The summed E-state index contributed by atoms with van der Waals surface area (Å²) in [6, 6.07) is 18.7. The summed E-state index contributed by atoms with van der Waals surface area (Å²) in [4.78, 5) is 14.5. The molecule has 2 aromatic carbocycles. The van der Waals surface area contributed by atoms with E-state index in [-0.39, 0.29) is 17.3 Å². The van der Waals surface area contributed by atoms with E-state index in [1.807, 2.05) is 0 Å². The summed E-state index contributed by atoms with van der Waals surface area (Å²) in [5.74, 6) is 0.0210. The molecule has 1 saturated heterocycles. The van der Waals surface area contributed by atoms with Crippen LogP contribution in [0.5, 0.6) is 0 Å². The normalized spacial score (nSPS) is 29.3. The van der Waals surface area contributed by atoms with E-state index in [0.717, 1.165) is 32.4 Å². The predicted octanol–water partition coefficient (Wildman–Crippen LogP) is 4.12.